The Kier molecular flexibility index (Phi) is 5.61. The molecular weight excluding hydrogens is 376 g/mol. The summed E-state index contributed by atoms with van der Waals surface area (Å²) >= 11 is 0. The molecular formula is C25H22N2O3. The topological polar surface area (TPSA) is 53.3 Å². The third kappa shape index (κ3) is 3.70. The summed E-state index contributed by atoms with van der Waals surface area (Å²) in [5.41, 5.74) is 3.61. The molecule has 0 fully saturated rings. The Bertz CT molecular complexity index is 1170. The van der Waals surface area contributed by atoms with E-state index in [9.17, 15) is 4.79 Å². The second-order valence-corrected chi connectivity index (χ2v) is 6.78. The van der Waals surface area contributed by atoms with Crippen molar-refractivity contribution in [2.24, 2.45) is 0 Å². The van der Waals surface area contributed by atoms with Gasteiger partial charge in [0.15, 0.2) is 0 Å². The van der Waals surface area contributed by atoms with Crippen LogP contribution in [0.2, 0.25) is 0 Å². The first kappa shape index (κ1) is 19.5. The van der Waals surface area contributed by atoms with Crippen LogP contribution < -0.4 is 9.47 Å². The molecule has 1 heterocycles. The molecule has 0 spiro atoms. The summed E-state index contributed by atoms with van der Waals surface area (Å²) < 4.78 is 12.8. The molecule has 3 aromatic carbocycles. The highest BCUT2D eigenvalue weighted by molar-refractivity contribution is 6.14. The van der Waals surface area contributed by atoms with Crippen LogP contribution in [0.3, 0.4) is 0 Å². The first-order valence-corrected chi connectivity index (χ1v) is 9.63. The first-order valence-electron chi connectivity index (χ1n) is 9.63. The number of benzene rings is 3. The summed E-state index contributed by atoms with van der Waals surface area (Å²) in [6.07, 6.45) is 1.62. The Labute approximate surface area is 175 Å². The number of nitrogens with zero attached hydrogens (tertiary/aromatic N) is 2. The van der Waals surface area contributed by atoms with E-state index in [2.05, 4.69) is 5.10 Å². The molecule has 150 valence electrons. The fourth-order valence-electron chi connectivity index (χ4n) is 3.53. The average molecular weight is 398 g/mol. The smallest absolute Gasteiger partial charge is 0.200 e. The van der Waals surface area contributed by atoms with Crippen molar-refractivity contribution >= 4 is 5.78 Å². The van der Waals surface area contributed by atoms with E-state index in [0.717, 1.165) is 11.1 Å². The number of hydrogen-bond donors (Lipinski definition) is 0. The van der Waals surface area contributed by atoms with Crippen LogP contribution in [-0.4, -0.2) is 29.8 Å². The summed E-state index contributed by atoms with van der Waals surface area (Å²) in [6.45, 7) is 0.535. The zero-order chi connectivity index (χ0) is 20.9. The van der Waals surface area contributed by atoms with Crippen LogP contribution in [0.25, 0.3) is 11.3 Å². The predicted molar refractivity (Wildman–Crippen MR) is 116 cm³/mol. The molecule has 0 amide bonds. The van der Waals surface area contributed by atoms with E-state index >= 15 is 0 Å². The van der Waals surface area contributed by atoms with Gasteiger partial charge in [-0.05, 0) is 29.8 Å². The number of carbonyl (C=O) groups is 1. The van der Waals surface area contributed by atoms with E-state index in [1.807, 2.05) is 71.4 Å². The number of para-hydroxylation sites is 2. The molecule has 0 saturated heterocycles. The lowest BCUT2D eigenvalue weighted by molar-refractivity contribution is 0.103. The molecule has 30 heavy (non-hydrogen) atoms. The van der Waals surface area contributed by atoms with Gasteiger partial charge in [-0.1, -0.05) is 54.6 Å². The lowest BCUT2D eigenvalue weighted by atomic mass is 9.98. The van der Waals surface area contributed by atoms with Crippen LogP contribution in [0.5, 0.6) is 11.5 Å². The second-order valence-electron chi connectivity index (χ2n) is 6.78. The van der Waals surface area contributed by atoms with Crippen LogP contribution in [0, 0.1) is 0 Å². The quantitative estimate of drug-likeness (QED) is 0.418. The SMILES string of the molecule is COc1ccccc1C(=O)c1cnn(Cc2ccccc2)c1-c1ccccc1OC. The first-order chi connectivity index (χ1) is 14.7. The fourth-order valence-corrected chi connectivity index (χ4v) is 3.53. The van der Waals surface area contributed by atoms with Gasteiger partial charge in [-0.3, -0.25) is 9.48 Å². The number of ketones is 1. The molecule has 0 bridgehead atoms. The molecule has 1 aromatic heterocycles. The predicted octanol–water partition coefficient (Wildman–Crippen LogP) is 4.85. The maximum Gasteiger partial charge on any atom is 0.200 e. The monoisotopic (exact) mass is 398 g/mol. The van der Waals surface area contributed by atoms with Gasteiger partial charge in [-0.15, -0.1) is 0 Å². The Morgan fingerprint density at radius 3 is 2.17 bits per heavy atom. The normalized spacial score (nSPS) is 10.6. The number of carbonyl (C=O) groups excluding carboxylic acids is 1. The van der Waals surface area contributed by atoms with Crippen molar-refractivity contribution in [3.8, 4) is 22.8 Å². The maximum atomic E-state index is 13.5. The molecule has 0 saturated carbocycles. The van der Waals surface area contributed by atoms with E-state index in [0.29, 0.717) is 34.9 Å². The van der Waals surface area contributed by atoms with Crippen molar-refractivity contribution in [1.29, 1.82) is 0 Å². The summed E-state index contributed by atoms with van der Waals surface area (Å²) in [5, 5.41) is 4.56. The number of rotatable bonds is 7. The van der Waals surface area contributed by atoms with Crippen molar-refractivity contribution in [3.05, 3.63) is 102 Å². The molecule has 0 N–H and O–H groups in total. The van der Waals surface area contributed by atoms with E-state index in [1.165, 1.54) is 0 Å². The van der Waals surface area contributed by atoms with Crippen molar-refractivity contribution in [2.75, 3.05) is 14.2 Å². The molecule has 0 radical (unpaired) electrons. The number of methoxy groups -OCH3 is 2. The van der Waals surface area contributed by atoms with Crippen molar-refractivity contribution in [1.82, 2.24) is 9.78 Å². The molecule has 0 aliphatic rings. The molecule has 4 aromatic rings. The molecule has 4 rings (SSSR count). The molecule has 0 aliphatic carbocycles. The largest absolute Gasteiger partial charge is 0.496 e. The average Bonchev–Trinajstić information content (AvgIpc) is 3.22. The number of aromatic nitrogens is 2. The van der Waals surface area contributed by atoms with Gasteiger partial charge in [-0.2, -0.15) is 5.10 Å². The molecule has 5 nitrogen and oxygen atoms in total. The lowest BCUT2D eigenvalue weighted by Crippen LogP contribution is -2.08. The highest BCUT2D eigenvalue weighted by atomic mass is 16.5. The van der Waals surface area contributed by atoms with Crippen LogP contribution in [0.15, 0.2) is 85.1 Å². The van der Waals surface area contributed by atoms with E-state index < -0.39 is 0 Å². The minimum absolute atomic E-state index is 0.146. The Morgan fingerprint density at radius 2 is 1.43 bits per heavy atom. The van der Waals surface area contributed by atoms with Gasteiger partial charge in [0.1, 0.15) is 11.5 Å². The zero-order valence-corrected chi connectivity index (χ0v) is 16.9. The minimum Gasteiger partial charge on any atom is -0.496 e. The molecule has 0 atom stereocenters. The second kappa shape index (κ2) is 8.66. The fraction of sp³-hybridized carbons (Fsp3) is 0.120. The zero-order valence-electron chi connectivity index (χ0n) is 16.9. The number of hydrogen-bond acceptors (Lipinski definition) is 4. The van der Waals surface area contributed by atoms with E-state index in [-0.39, 0.29) is 5.78 Å². The minimum atomic E-state index is -0.146. The third-order valence-corrected chi connectivity index (χ3v) is 4.97. The van der Waals surface area contributed by atoms with Crippen LogP contribution in [0.1, 0.15) is 21.5 Å². The van der Waals surface area contributed by atoms with Gasteiger partial charge >= 0.3 is 0 Å². The lowest BCUT2D eigenvalue weighted by Gasteiger charge is -2.14. The van der Waals surface area contributed by atoms with Crippen molar-refractivity contribution in [2.45, 2.75) is 6.54 Å². The van der Waals surface area contributed by atoms with E-state index in [4.69, 9.17) is 9.47 Å². The summed E-state index contributed by atoms with van der Waals surface area (Å²) in [5.74, 6) is 1.07. The van der Waals surface area contributed by atoms with Gasteiger partial charge < -0.3 is 9.47 Å². The Morgan fingerprint density at radius 1 is 0.800 bits per heavy atom. The van der Waals surface area contributed by atoms with Crippen molar-refractivity contribution < 1.29 is 14.3 Å². The third-order valence-electron chi connectivity index (χ3n) is 4.97. The molecule has 0 unspecified atom stereocenters. The summed E-state index contributed by atoms with van der Waals surface area (Å²) in [6, 6.07) is 24.9. The van der Waals surface area contributed by atoms with Gasteiger partial charge in [-0.25, -0.2) is 0 Å². The van der Waals surface area contributed by atoms with Crippen LogP contribution in [-0.2, 0) is 6.54 Å². The van der Waals surface area contributed by atoms with Gasteiger partial charge in [0.05, 0.1) is 43.8 Å². The van der Waals surface area contributed by atoms with Gasteiger partial charge in [0.25, 0.3) is 0 Å². The summed E-state index contributed by atoms with van der Waals surface area (Å²) in [7, 11) is 3.19. The number of ether oxygens (including phenoxy) is 2. The van der Waals surface area contributed by atoms with Crippen molar-refractivity contribution in [3.63, 3.8) is 0 Å². The Balaban J connectivity index is 1.88. The van der Waals surface area contributed by atoms with Crippen LogP contribution >= 0.6 is 0 Å². The highest BCUT2D eigenvalue weighted by Gasteiger charge is 2.24. The standard InChI is InChI=1S/C25H22N2O3/c1-29-22-14-8-6-12-19(22)24-21(25(28)20-13-7-9-15-23(20)30-2)16-26-27(24)17-18-10-4-3-5-11-18/h3-16H,17H2,1-2H3. The highest BCUT2D eigenvalue weighted by Crippen LogP contribution is 2.34. The molecule has 0 aliphatic heterocycles. The van der Waals surface area contributed by atoms with Gasteiger partial charge in [0, 0.05) is 5.56 Å². The Hall–Kier alpha value is -3.86. The van der Waals surface area contributed by atoms with Crippen LogP contribution in [0.4, 0.5) is 0 Å². The molecule has 5 heteroatoms. The maximum absolute atomic E-state index is 13.5. The van der Waals surface area contributed by atoms with E-state index in [1.54, 1.807) is 32.5 Å². The van der Waals surface area contributed by atoms with Gasteiger partial charge in [0.2, 0.25) is 5.78 Å². The summed E-state index contributed by atoms with van der Waals surface area (Å²) in [4.78, 5) is 13.5.